The van der Waals surface area contributed by atoms with E-state index in [-0.39, 0.29) is 4.90 Å². The van der Waals surface area contributed by atoms with E-state index in [1.165, 1.54) is 7.11 Å². The van der Waals surface area contributed by atoms with Gasteiger partial charge in [0.25, 0.3) is 0 Å². The molecule has 2 aromatic rings. The zero-order valence-electron chi connectivity index (χ0n) is 13.8. The molecule has 1 atom stereocenters. The highest BCUT2D eigenvalue weighted by molar-refractivity contribution is 7.89. The SMILES string of the molecule is CCc1ccc(S(=O)(=O)N[C@H](C)c2nnc(OC)n2CC)cc1. The minimum atomic E-state index is -3.63. The van der Waals surface area contributed by atoms with Gasteiger partial charge in [0, 0.05) is 6.54 Å². The van der Waals surface area contributed by atoms with Crippen LogP contribution in [-0.2, 0) is 23.0 Å². The van der Waals surface area contributed by atoms with Crippen molar-refractivity contribution in [2.75, 3.05) is 7.11 Å². The van der Waals surface area contributed by atoms with Gasteiger partial charge >= 0.3 is 6.01 Å². The molecule has 126 valence electrons. The monoisotopic (exact) mass is 338 g/mol. The molecule has 0 aliphatic heterocycles. The molecule has 1 aromatic heterocycles. The number of methoxy groups -OCH3 is 1. The van der Waals surface area contributed by atoms with Gasteiger partial charge < -0.3 is 4.74 Å². The summed E-state index contributed by atoms with van der Waals surface area (Å²) >= 11 is 0. The van der Waals surface area contributed by atoms with Crippen molar-refractivity contribution in [3.8, 4) is 6.01 Å². The number of ether oxygens (including phenoxy) is 1. The molecule has 0 radical (unpaired) electrons. The lowest BCUT2D eigenvalue weighted by Crippen LogP contribution is -2.29. The van der Waals surface area contributed by atoms with E-state index >= 15 is 0 Å². The molecule has 1 aromatic carbocycles. The number of hydrogen-bond acceptors (Lipinski definition) is 5. The summed E-state index contributed by atoms with van der Waals surface area (Å²) in [5, 5.41) is 7.93. The van der Waals surface area contributed by atoms with Crippen LogP contribution >= 0.6 is 0 Å². The second-order valence-electron chi connectivity index (χ2n) is 5.13. The van der Waals surface area contributed by atoms with Gasteiger partial charge in [0.1, 0.15) is 0 Å². The molecular formula is C15H22N4O3S. The van der Waals surface area contributed by atoms with Crippen molar-refractivity contribution in [2.45, 2.75) is 44.7 Å². The smallest absolute Gasteiger partial charge is 0.316 e. The number of hydrogen-bond donors (Lipinski definition) is 1. The summed E-state index contributed by atoms with van der Waals surface area (Å²) < 4.78 is 34.5. The van der Waals surface area contributed by atoms with Gasteiger partial charge in [-0.25, -0.2) is 13.1 Å². The summed E-state index contributed by atoms with van der Waals surface area (Å²) in [6, 6.07) is 6.69. The number of nitrogens with zero attached hydrogens (tertiary/aromatic N) is 3. The minimum Gasteiger partial charge on any atom is -0.467 e. The molecule has 0 fully saturated rings. The van der Waals surface area contributed by atoms with Gasteiger partial charge in [0.2, 0.25) is 10.0 Å². The topological polar surface area (TPSA) is 86.1 Å². The Morgan fingerprint density at radius 3 is 2.39 bits per heavy atom. The summed E-state index contributed by atoms with van der Waals surface area (Å²) in [5.41, 5.74) is 1.09. The highest BCUT2D eigenvalue weighted by Gasteiger charge is 2.23. The molecule has 0 spiro atoms. The van der Waals surface area contributed by atoms with Crippen LogP contribution in [0, 0.1) is 0 Å². The minimum absolute atomic E-state index is 0.232. The number of nitrogens with one attached hydrogen (secondary N) is 1. The van der Waals surface area contributed by atoms with Crippen LogP contribution in [0.15, 0.2) is 29.2 Å². The van der Waals surface area contributed by atoms with Crippen molar-refractivity contribution in [1.29, 1.82) is 0 Å². The largest absolute Gasteiger partial charge is 0.467 e. The maximum atomic E-state index is 12.5. The van der Waals surface area contributed by atoms with Crippen molar-refractivity contribution in [1.82, 2.24) is 19.5 Å². The fraction of sp³-hybridized carbons (Fsp3) is 0.467. The van der Waals surface area contributed by atoms with Crippen LogP contribution in [0.2, 0.25) is 0 Å². The van der Waals surface area contributed by atoms with Crippen LogP contribution in [0.4, 0.5) is 0 Å². The summed E-state index contributed by atoms with van der Waals surface area (Å²) in [4.78, 5) is 0.232. The second-order valence-corrected chi connectivity index (χ2v) is 6.84. The molecule has 2 rings (SSSR count). The molecule has 8 heteroatoms. The Kier molecular flexibility index (Phi) is 5.38. The normalized spacial score (nSPS) is 13.0. The third-order valence-electron chi connectivity index (χ3n) is 3.61. The fourth-order valence-corrected chi connectivity index (χ4v) is 3.53. The number of rotatable bonds is 7. The van der Waals surface area contributed by atoms with Crippen LogP contribution in [-0.4, -0.2) is 30.3 Å². The molecule has 0 unspecified atom stereocenters. The van der Waals surface area contributed by atoms with E-state index in [4.69, 9.17) is 4.74 Å². The third-order valence-corrected chi connectivity index (χ3v) is 5.16. The predicted octanol–water partition coefficient (Wildman–Crippen LogP) is 1.91. The van der Waals surface area contributed by atoms with E-state index in [9.17, 15) is 8.42 Å². The summed E-state index contributed by atoms with van der Waals surface area (Å²) in [6.45, 7) is 6.26. The first-order valence-corrected chi connectivity index (χ1v) is 8.99. The molecule has 0 bridgehead atoms. The van der Waals surface area contributed by atoms with E-state index in [1.807, 2.05) is 26.0 Å². The quantitative estimate of drug-likeness (QED) is 0.833. The summed E-state index contributed by atoms with van der Waals surface area (Å²) in [6.07, 6.45) is 0.865. The van der Waals surface area contributed by atoms with Crippen molar-refractivity contribution < 1.29 is 13.2 Å². The predicted molar refractivity (Wildman–Crippen MR) is 86.8 cm³/mol. The van der Waals surface area contributed by atoms with E-state index in [0.717, 1.165) is 12.0 Å². The van der Waals surface area contributed by atoms with Gasteiger partial charge in [-0.2, -0.15) is 0 Å². The van der Waals surface area contributed by atoms with Crippen LogP contribution in [0.1, 0.15) is 38.2 Å². The van der Waals surface area contributed by atoms with Crippen LogP contribution in [0.25, 0.3) is 0 Å². The van der Waals surface area contributed by atoms with Crippen molar-refractivity contribution >= 4 is 10.0 Å². The van der Waals surface area contributed by atoms with Crippen LogP contribution in [0.5, 0.6) is 6.01 Å². The Balaban J connectivity index is 2.24. The molecule has 0 saturated carbocycles. The molecule has 23 heavy (non-hydrogen) atoms. The summed E-state index contributed by atoms with van der Waals surface area (Å²) in [5.74, 6) is 0.512. The highest BCUT2D eigenvalue weighted by Crippen LogP contribution is 2.19. The molecule has 1 N–H and O–H groups in total. The van der Waals surface area contributed by atoms with Crippen LogP contribution in [0.3, 0.4) is 0 Å². The Labute approximate surface area is 136 Å². The molecule has 1 heterocycles. The lowest BCUT2D eigenvalue weighted by Gasteiger charge is -2.15. The number of aromatic nitrogens is 3. The average molecular weight is 338 g/mol. The van der Waals surface area contributed by atoms with Crippen molar-refractivity contribution in [3.63, 3.8) is 0 Å². The Hall–Kier alpha value is -1.93. The highest BCUT2D eigenvalue weighted by atomic mass is 32.2. The number of benzene rings is 1. The lowest BCUT2D eigenvalue weighted by molar-refractivity contribution is 0.354. The van der Waals surface area contributed by atoms with Crippen molar-refractivity contribution in [2.24, 2.45) is 0 Å². The molecule has 0 amide bonds. The van der Waals surface area contributed by atoms with E-state index < -0.39 is 16.1 Å². The number of sulfonamides is 1. The molecule has 7 nitrogen and oxygen atoms in total. The maximum Gasteiger partial charge on any atom is 0.316 e. The average Bonchev–Trinajstić information content (AvgIpc) is 2.97. The van der Waals surface area contributed by atoms with Gasteiger partial charge in [-0.15, -0.1) is 5.10 Å². The zero-order valence-corrected chi connectivity index (χ0v) is 14.6. The van der Waals surface area contributed by atoms with Gasteiger partial charge in [0.05, 0.1) is 18.0 Å². The van der Waals surface area contributed by atoms with Crippen molar-refractivity contribution in [3.05, 3.63) is 35.7 Å². The van der Waals surface area contributed by atoms with Gasteiger partial charge in [-0.1, -0.05) is 24.2 Å². The fourth-order valence-electron chi connectivity index (χ4n) is 2.33. The zero-order chi connectivity index (χ0) is 17.0. The van der Waals surface area contributed by atoms with E-state index in [1.54, 1.807) is 23.6 Å². The Morgan fingerprint density at radius 2 is 1.87 bits per heavy atom. The van der Waals surface area contributed by atoms with Crippen LogP contribution < -0.4 is 9.46 Å². The maximum absolute atomic E-state index is 12.5. The lowest BCUT2D eigenvalue weighted by atomic mass is 10.2. The van der Waals surface area contributed by atoms with Gasteiger partial charge in [0.15, 0.2) is 5.82 Å². The first-order valence-electron chi connectivity index (χ1n) is 7.51. The molecular weight excluding hydrogens is 316 g/mol. The molecule has 0 saturated heterocycles. The van der Waals surface area contributed by atoms with E-state index in [2.05, 4.69) is 14.9 Å². The first kappa shape index (κ1) is 17.4. The summed E-state index contributed by atoms with van der Waals surface area (Å²) in [7, 11) is -2.12. The standard InChI is InChI=1S/C15H22N4O3S/c1-5-12-7-9-13(10-8-12)23(20,21)18-11(3)14-16-17-15(22-4)19(14)6-2/h7-11,18H,5-6H2,1-4H3/t11-/m1/s1. The molecule has 0 aliphatic carbocycles. The Bertz CT molecular complexity index is 754. The molecule has 0 aliphatic rings. The Morgan fingerprint density at radius 1 is 1.22 bits per heavy atom. The third kappa shape index (κ3) is 3.70. The number of aryl methyl sites for hydroxylation is 1. The first-order chi connectivity index (χ1) is 10.9. The van der Waals surface area contributed by atoms with Gasteiger partial charge in [-0.05, 0) is 38.0 Å². The van der Waals surface area contributed by atoms with Gasteiger partial charge in [-0.3, -0.25) is 4.57 Å². The van der Waals surface area contributed by atoms with E-state index in [0.29, 0.717) is 18.4 Å². The second kappa shape index (κ2) is 7.10.